The fraction of sp³-hybridized carbons (Fsp3) is 0.0833. The summed E-state index contributed by atoms with van der Waals surface area (Å²) in [5, 5.41) is 14.1. The van der Waals surface area contributed by atoms with Crippen LogP contribution in [0.1, 0.15) is 15.4 Å². The Kier molecular flexibility index (Phi) is 4.66. The van der Waals surface area contributed by atoms with Gasteiger partial charge in [0, 0.05) is 0 Å². The first-order valence-corrected chi connectivity index (χ1v) is 7.18. The fourth-order valence-electron chi connectivity index (χ4n) is 1.54. The molecule has 21 heavy (non-hydrogen) atoms. The average molecular weight is 346 g/mol. The first-order valence-electron chi connectivity index (χ1n) is 5.61. The quantitative estimate of drug-likeness (QED) is 0.780. The van der Waals surface area contributed by atoms with Crippen molar-refractivity contribution in [3.63, 3.8) is 0 Å². The number of thiazole rings is 1. The van der Waals surface area contributed by atoms with Crippen molar-refractivity contribution in [3.8, 4) is 0 Å². The summed E-state index contributed by atoms with van der Waals surface area (Å²) in [5.74, 6) is -0.460. The second-order valence-corrected chi connectivity index (χ2v) is 5.73. The van der Waals surface area contributed by atoms with Gasteiger partial charge in [-0.3, -0.25) is 10.1 Å². The van der Waals surface area contributed by atoms with Gasteiger partial charge in [-0.1, -0.05) is 40.6 Å². The van der Waals surface area contributed by atoms with Crippen LogP contribution in [-0.4, -0.2) is 22.1 Å². The van der Waals surface area contributed by atoms with Crippen LogP contribution in [0.2, 0.25) is 10.0 Å². The Labute approximate surface area is 133 Å². The van der Waals surface area contributed by atoms with Crippen LogP contribution in [-0.2, 0) is 0 Å². The number of para-hydroxylation sites is 1. The van der Waals surface area contributed by atoms with Crippen molar-refractivity contribution in [2.75, 3.05) is 10.6 Å². The molecule has 0 radical (unpaired) electrons. The Bertz CT molecular complexity index is 698. The van der Waals surface area contributed by atoms with Gasteiger partial charge in [0.15, 0.2) is 5.13 Å². The third-order valence-electron chi connectivity index (χ3n) is 2.42. The molecular formula is C12H9Cl2N3O3S. The van der Waals surface area contributed by atoms with Crippen LogP contribution in [0.15, 0.2) is 18.2 Å². The van der Waals surface area contributed by atoms with E-state index in [4.69, 9.17) is 28.3 Å². The van der Waals surface area contributed by atoms with Gasteiger partial charge in [0.05, 0.1) is 21.4 Å². The molecular weight excluding hydrogens is 337 g/mol. The van der Waals surface area contributed by atoms with Crippen molar-refractivity contribution in [2.45, 2.75) is 6.92 Å². The summed E-state index contributed by atoms with van der Waals surface area (Å²) in [6, 6.07) is 4.85. The minimum absolute atomic E-state index is 0.121. The van der Waals surface area contributed by atoms with Crippen LogP contribution in [0.3, 0.4) is 0 Å². The summed E-state index contributed by atoms with van der Waals surface area (Å²) >= 11 is 12.9. The molecule has 0 saturated heterocycles. The molecule has 2 rings (SSSR count). The van der Waals surface area contributed by atoms with E-state index in [2.05, 4.69) is 15.6 Å². The minimum Gasteiger partial charge on any atom is -0.465 e. The topological polar surface area (TPSA) is 91.3 Å². The molecule has 0 unspecified atom stereocenters. The van der Waals surface area contributed by atoms with Crippen LogP contribution in [0.5, 0.6) is 0 Å². The molecule has 0 aliphatic carbocycles. The van der Waals surface area contributed by atoms with Gasteiger partial charge < -0.3 is 10.4 Å². The Morgan fingerprint density at radius 2 is 1.86 bits per heavy atom. The maximum absolute atomic E-state index is 12.2. The summed E-state index contributed by atoms with van der Waals surface area (Å²) < 4.78 is 0. The highest BCUT2D eigenvalue weighted by Gasteiger charge is 2.18. The molecule has 1 aromatic heterocycles. The Balaban J connectivity index is 2.25. The molecule has 0 aliphatic heterocycles. The number of hydrogen-bond donors (Lipinski definition) is 3. The number of aryl methyl sites for hydroxylation is 1. The maximum Gasteiger partial charge on any atom is 0.410 e. The predicted octanol–water partition coefficient (Wildman–Crippen LogP) is 4.10. The molecule has 0 fully saturated rings. The number of rotatable bonds is 3. The molecule has 6 nitrogen and oxygen atoms in total. The van der Waals surface area contributed by atoms with Gasteiger partial charge in [-0.15, -0.1) is 0 Å². The molecule has 0 spiro atoms. The van der Waals surface area contributed by atoms with E-state index in [0.29, 0.717) is 21.4 Å². The molecule has 2 amide bonds. The second kappa shape index (κ2) is 6.30. The van der Waals surface area contributed by atoms with Gasteiger partial charge in [-0.25, -0.2) is 9.78 Å². The van der Waals surface area contributed by atoms with E-state index in [1.165, 1.54) is 0 Å². The predicted molar refractivity (Wildman–Crippen MR) is 82.9 cm³/mol. The fourth-order valence-corrected chi connectivity index (χ4v) is 2.88. The van der Waals surface area contributed by atoms with E-state index >= 15 is 0 Å². The number of carboxylic acid groups (broad SMARTS) is 1. The van der Waals surface area contributed by atoms with E-state index in [9.17, 15) is 9.59 Å². The van der Waals surface area contributed by atoms with E-state index < -0.39 is 12.0 Å². The molecule has 0 saturated carbocycles. The lowest BCUT2D eigenvalue weighted by molar-refractivity contribution is 0.102. The number of nitrogens with zero attached hydrogens (tertiary/aromatic N) is 1. The number of aromatic nitrogens is 1. The van der Waals surface area contributed by atoms with Crippen molar-refractivity contribution in [2.24, 2.45) is 0 Å². The van der Waals surface area contributed by atoms with Crippen molar-refractivity contribution < 1.29 is 14.7 Å². The lowest BCUT2D eigenvalue weighted by atomic mass is 10.3. The van der Waals surface area contributed by atoms with E-state index in [-0.39, 0.29) is 10.0 Å². The number of nitrogens with one attached hydrogen (secondary N) is 2. The lowest BCUT2D eigenvalue weighted by Gasteiger charge is -2.08. The highest BCUT2D eigenvalue weighted by Crippen LogP contribution is 2.31. The van der Waals surface area contributed by atoms with Gasteiger partial charge in [-0.05, 0) is 19.1 Å². The van der Waals surface area contributed by atoms with Crippen molar-refractivity contribution in [1.29, 1.82) is 0 Å². The van der Waals surface area contributed by atoms with Gasteiger partial charge >= 0.3 is 6.09 Å². The average Bonchev–Trinajstić information content (AvgIpc) is 2.74. The number of anilines is 2. The van der Waals surface area contributed by atoms with Gasteiger partial charge in [0.25, 0.3) is 5.91 Å². The lowest BCUT2D eigenvalue weighted by Crippen LogP contribution is -2.12. The van der Waals surface area contributed by atoms with Crippen LogP contribution in [0.4, 0.5) is 15.6 Å². The zero-order valence-electron chi connectivity index (χ0n) is 10.6. The summed E-state index contributed by atoms with van der Waals surface area (Å²) in [5.41, 5.74) is 0.704. The standard InChI is InChI=1S/C12H9Cl2N3O3S/c1-5-9(21-11(15-5)17-12(19)20)10(18)16-8-6(13)3-2-4-7(8)14/h2-4H,1H3,(H,15,17)(H,16,18)(H,19,20). The van der Waals surface area contributed by atoms with Gasteiger partial charge in [-0.2, -0.15) is 0 Å². The first kappa shape index (κ1) is 15.6. The largest absolute Gasteiger partial charge is 0.465 e. The number of hydrogen-bond acceptors (Lipinski definition) is 4. The highest BCUT2D eigenvalue weighted by atomic mass is 35.5. The van der Waals surface area contributed by atoms with Crippen LogP contribution in [0, 0.1) is 6.92 Å². The van der Waals surface area contributed by atoms with Crippen LogP contribution < -0.4 is 10.6 Å². The third-order valence-corrected chi connectivity index (χ3v) is 4.12. The normalized spacial score (nSPS) is 10.2. The minimum atomic E-state index is -1.25. The Hall–Kier alpha value is -1.83. The van der Waals surface area contributed by atoms with Crippen molar-refractivity contribution >= 4 is 57.4 Å². The molecule has 0 aliphatic rings. The van der Waals surface area contributed by atoms with Crippen molar-refractivity contribution in [1.82, 2.24) is 4.98 Å². The van der Waals surface area contributed by atoms with Crippen LogP contribution in [0.25, 0.3) is 0 Å². The zero-order valence-corrected chi connectivity index (χ0v) is 12.9. The number of benzene rings is 1. The van der Waals surface area contributed by atoms with E-state index in [1.807, 2.05) is 0 Å². The SMILES string of the molecule is Cc1nc(NC(=O)O)sc1C(=O)Nc1c(Cl)cccc1Cl. The van der Waals surface area contributed by atoms with Gasteiger partial charge in [0.2, 0.25) is 0 Å². The number of halogens is 2. The monoisotopic (exact) mass is 345 g/mol. The van der Waals surface area contributed by atoms with Crippen LogP contribution >= 0.6 is 34.5 Å². The highest BCUT2D eigenvalue weighted by molar-refractivity contribution is 7.17. The van der Waals surface area contributed by atoms with Crippen molar-refractivity contribution in [3.05, 3.63) is 38.8 Å². The molecule has 0 atom stereocenters. The molecule has 0 bridgehead atoms. The van der Waals surface area contributed by atoms with E-state index in [1.54, 1.807) is 25.1 Å². The third kappa shape index (κ3) is 3.63. The molecule has 3 N–H and O–H groups in total. The number of amides is 2. The van der Waals surface area contributed by atoms with Gasteiger partial charge in [0.1, 0.15) is 4.88 Å². The summed E-state index contributed by atoms with van der Waals surface area (Å²) in [6.45, 7) is 1.60. The second-order valence-electron chi connectivity index (χ2n) is 3.91. The summed E-state index contributed by atoms with van der Waals surface area (Å²) in [7, 11) is 0. The van der Waals surface area contributed by atoms with E-state index in [0.717, 1.165) is 11.3 Å². The maximum atomic E-state index is 12.2. The molecule has 9 heteroatoms. The molecule has 1 aromatic carbocycles. The summed E-state index contributed by atoms with van der Waals surface area (Å²) in [4.78, 5) is 27.0. The molecule has 2 aromatic rings. The molecule has 1 heterocycles. The Morgan fingerprint density at radius 3 is 2.43 bits per heavy atom. The number of carbonyl (C=O) groups excluding carboxylic acids is 1. The summed E-state index contributed by atoms with van der Waals surface area (Å²) in [6.07, 6.45) is -1.25. The molecule has 110 valence electrons. The smallest absolute Gasteiger partial charge is 0.410 e. The Morgan fingerprint density at radius 1 is 1.24 bits per heavy atom. The number of carbonyl (C=O) groups is 2. The zero-order chi connectivity index (χ0) is 15.6. The first-order chi connectivity index (χ1) is 9.88.